The second-order valence-electron chi connectivity index (χ2n) is 6.29. The molecule has 1 aromatic carbocycles. The minimum Gasteiger partial charge on any atom is -0.347 e. The van der Waals surface area contributed by atoms with Crippen LogP contribution in [0, 0.1) is 0 Å². The second kappa shape index (κ2) is 6.96. The van der Waals surface area contributed by atoms with Crippen LogP contribution in [0.2, 0.25) is 0 Å². The number of hydrogen-bond acceptors (Lipinski definition) is 5. The SMILES string of the molecule is CN(C)c1nnc2n(CC=Cc3ccncc3)c(=O)c3cc(Br)ccc3n12. The van der Waals surface area contributed by atoms with E-state index >= 15 is 0 Å². The molecule has 8 heteroatoms. The van der Waals surface area contributed by atoms with Crippen LogP contribution in [0.4, 0.5) is 5.95 Å². The summed E-state index contributed by atoms with van der Waals surface area (Å²) in [6, 6.07) is 9.47. The van der Waals surface area contributed by atoms with Crippen molar-refractivity contribution in [2.45, 2.75) is 6.54 Å². The molecule has 0 saturated heterocycles. The van der Waals surface area contributed by atoms with Gasteiger partial charge in [-0.1, -0.05) is 28.1 Å². The zero-order valence-corrected chi connectivity index (χ0v) is 16.5. The van der Waals surface area contributed by atoms with E-state index in [1.54, 1.807) is 17.0 Å². The van der Waals surface area contributed by atoms with Crippen molar-refractivity contribution >= 4 is 44.6 Å². The molecule has 0 unspecified atom stereocenters. The lowest BCUT2D eigenvalue weighted by Gasteiger charge is -2.13. The summed E-state index contributed by atoms with van der Waals surface area (Å²) in [5.41, 5.74) is 1.70. The highest BCUT2D eigenvalue weighted by molar-refractivity contribution is 9.10. The summed E-state index contributed by atoms with van der Waals surface area (Å²) >= 11 is 3.46. The number of hydrogen-bond donors (Lipinski definition) is 0. The highest BCUT2D eigenvalue weighted by Crippen LogP contribution is 2.22. The van der Waals surface area contributed by atoms with Crippen molar-refractivity contribution in [3.63, 3.8) is 0 Å². The number of nitrogens with zero attached hydrogens (tertiary/aromatic N) is 6. The second-order valence-corrected chi connectivity index (χ2v) is 7.21. The van der Waals surface area contributed by atoms with Crippen LogP contribution in [-0.2, 0) is 6.54 Å². The molecule has 0 atom stereocenters. The van der Waals surface area contributed by atoms with Gasteiger partial charge in [-0.3, -0.25) is 14.3 Å². The third kappa shape index (κ3) is 3.12. The van der Waals surface area contributed by atoms with E-state index in [-0.39, 0.29) is 5.56 Å². The lowest BCUT2D eigenvalue weighted by atomic mass is 10.2. The van der Waals surface area contributed by atoms with E-state index in [9.17, 15) is 4.79 Å². The molecule has 4 rings (SSSR count). The Morgan fingerprint density at radius 1 is 1.15 bits per heavy atom. The number of aromatic nitrogens is 5. The fourth-order valence-corrected chi connectivity index (χ4v) is 3.35. The molecule has 0 radical (unpaired) electrons. The van der Waals surface area contributed by atoms with Gasteiger partial charge in [-0.25, -0.2) is 4.40 Å². The van der Waals surface area contributed by atoms with Gasteiger partial charge in [0, 0.05) is 37.5 Å². The largest absolute Gasteiger partial charge is 0.347 e. The maximum absolute atomic E-state index is 13.1. The molecular formula is C19H17BrN6O. The number of allylic oxidation sites excluding steroid dienone is 1. The predicted molar refractivity (Wildman–Crippen MR) is 110 cm³/mol. The number of benzene rings is 1. The van der Waals surface area contributed by atoms with Crippen LogP contribution in [0.25, 0.3) is 22.8 Å². The van der Waals surface area contributed by atoms with E-state index in [0.29, 0.717) is 23.7 Å². The molecule has 3 aromatic heterocycles. The summed E-state index contributed by atoms with van der Waals surface area (Å²) in [4.78, 5) is 19.0. The first kappa shape index (κ1) is 17.4. The number of anilines is 1. The van der Waals surface area contributed by atoms with Crippen molar-refractivity contribution in [3.05, 3.63) is 69.2 Å². The molecule has 0 aliphatic rings. The molecule has 0 aliphatic heterocycles. The topological polar surface area (TPSA) is 68.3 Å². The van der Waals surface area contributed by atoms with E-state index < -0.39 is 0 Å². The van der Waals surface area contributed by atoms with Crippen LogP contribution in [0.5, 0.6) is 0 Å². The van der Waals surface area contributed by atoms with Gasteiger partial charge in [-0.05, 0) is 35.9 Å². The van der Waals surface area contributed by atoms with Crippen molar-refractivity contribution in [2.24, 2.45) is 0 Å². The quantitative estimate of drug-likeness (QED) is 0.503. The Morgan fingerprint density at radius 3 is 2.67 bits per heavy atom. The zero-order valence-electron chi connectivity index (χ0n) is 14.9. The normalized spacial score (nSPS) is 11.7. The fourth-order valence-electron chi connectivity index (χ4n) is 2.99. The molecule has 0 aliphatic carbocycles. The maximum atomic E-state index is 13.1. The summed E-state index contributed by atoms with van der Waals surface area (Å²) in [6.45, 7) is 0.388. The molecule has 136 valence electrons. The minimum absolute atomic E-state index is 0.101. The molecule has 0 bridgehead atoms. The molecule has 0 amide bonds. The van der Waals surface area contributed by atoms with Crippen molar-refractivity contribution in [1.29, 1.82) is 0 Å². The number of halogens is 1. The highest BCUT2D eigenvalue weighted by atomic mass is 79.9. The Bertz CT molecular complexity index is 1210. The molecule has 0 spiro atoms. The van der Waals surface area contributed by atoms with Crippen LogP contribution in [0.1, 0.15) is 5.56 Å². The third-order valence-electron chi connectivity index (χ3n) is 4.25. The van der Waals surface area contributed by atoms with Gasteiger partial charge in [0.25, 0.3) is 5.56 Å². The molecule has 7 nitrogen and oxygen atoms in total. The minimum atomic E-state index is -0.101. The number of rotatable bonds is 4. The summed E-state index contributed by atoms with van der Waals surface area (Å²) in [7, 11) is 3.81. The lowest BCUT2D eigenvalue weighted by Crippen LogP contribution is -2.23. The van der Waals surface area contributed by atoms with Gasteiger partial charge >= 0.3 is 0 Å². The molecule has 0 fully saturated rings. The monoisotopic (exact) mass is 424 g/mol. The van der Waals surface area contributed by atoms with Crippen molar-refractivity contribution in [3.8, 4) is 0 Å². The smallest absolute Gasteiger partial charge is 0.263 e. The molecule has 0 saturated carbocycles. The Morgan fingerprint density at radius 2 is 1.93 bits per heavy atom. The van der Waals surface area contributed by atoms with Crippen LogP contribution in [0.15, 0.2) is 58.1 Å². The first-order valence-electron chi connectivity index (χ1n) is 8.37. The molecular weight excluding hydrogens is 408 g/mol. The van der Waals surface area contributed by atoms with Crippen LogP contribution >= 0.6 is 15.9 Å². The molecule has 0 N–H and O–H groups in total. The van der Waals surface area contributed by atoms with E-state index in [0.717, 1.165) is 15.6 Å². The van der Waals surface area contributed by atoms with Gasteiger partial charge in [-0.2, -0.15) is 0 Å². The Balaban J connectivity index is 1.92. The predicted octanol–water partition coefficient (Wildman–Crippen LogP) is 2.98. The average molecular weight is 425 g/mol. The van der Waals surface area contributed by atoms with Crippen molar-refractivity contribution < 1.29 is 0 Å². The van der Waals surface area contributed by atoms with E-state index in [2.05, 4.69) is 31.1 Å². The van der Waals surface area contributed by atoms with E-state index in [1.165, 1.54) is 0 Å². The first-order valence-corrected chi connectivity index (χ1v) is 9.16. The molecule has 27 heavy (non-hydrogen) atoms. The Kier molecular flexibility index (Phi) is 4.49. The van der Waals surface area contributed by atoms with Crippen LogP contribution in [0.3, 0.4) is 0 Å². The van der Waals surface area contributed by atoms with E-state index in [4.69, 9.17) is 0 Å². The lowest BCUT2D eigenvalue weighted by molar-refractivity contribution is 0.787. The average Bonchev–Trinajstić information content (AvgIpc) is 3.10. The van der Waals surface area contributed by atoms with Gasteiger partial charge in [-0.15, -0.1) is 10.2 Å². The first-order chi connectivity index (χ1) is 13.1. The Hall–Kier alpha value is -3.00. The molecule has 4 aromatic rings. The van der Waals surface area contributed by atoms with Gasteiger partial charge in [0.05, 0.1) is 10.9 Å². The van der Waals surface area contributed by atoms with Crippen LogP contribution < -0.4 is 10.5 Å². The van der Waals surface area contributed by atoms with Crippen LogP contribution in [-0.4, -0.2) is 38.2 Å². The number of pyridine rings is 1. The highest BCUT2D eigenvalue weighted by Gasteiger charge is 2.17. The van der Waals surface area contributed by atoms with Crippen molar-refractivity contribution in [1.82, 2.24) is 24.1 Å². The summed E-state index contributed by atoms with van der Waals surface area (Å²) in [6.07, 6.45) is 7.36. The third-order valence-corrected chi connectivity index (χ3v) is 4.74. The molecule has 3 heterocycles. The van der Waals surface area contributed by atoms with Gasteiger partial charge in [0.2, 0.25) is 11.7 Å². The van der Waals surface area contributed by atoms with Gasteiger partial charge in [0.15, 0.2) is 0 Å². The van der Waals surface area contributed by atoms with Gasteiger partial charge in [0.1, 0.15) is 0 Å². The standard InChI is InChI=1S/C19H17BrN6O/c1-24(2)18-22-23-19-25(11-3-4-13-7-9-21-10-8-13)17(27)15-12-14(20)5-6-16(15)26(18)19/h3-10,12H,11H2,1-2H3. The summed E-state index contributed by atoms with van der Waals surface area (Å²) in [5.74, 6) is 1.18. The van der Waals surface area contributed by atoms with Gasteiger partial charge < -0.3 is 4.90 Å². The Labute approximate surface area is 163 Å². The zero-order chi connectivity index (χ0) is 19.0. The van der Waals surface area contributed by atoms with Crippen molar-refractivity contribution in [2.75, 3.05) is 19.0 Å². The maximum Gasteiger partial charge on any atom is 0.263 e. The summed E-state index contributed by atoms with van der Waals surface area (Å²) < 4.78 is 4.39. The summed E-state index contributed by atoms with van der Waals surface area (Å²) in [5, 5.41) is 9.16. The number of fused-ring (bicyclic) bond motifs is 3. The fraction of sp³-hybridized carbons (Fsp3) is 0.158. The van der Waals surface area contributed by atoms with E-state index in [1.807, 2.05) is 65.9 Å².